The van der Waals surface area contributed by atoms with Gasteiger partial charge in [0.25, 0.3) is 0 Å². The highest BCUT2D eigenvalue weighted by Gasteiger charge is 2.03. The summed E-state index contributed by atoms with van der Waals surface area (Å²) in [6, 6.07) is 14.3. The Bertz CT molecular complexity index is 599. The van der Waals surface area contributed by atoms with Crippen molar-refractivity contribution < 1.29 is 0 Å². The van der Waals surface area contributed by atoms with Crippen LogP contribution in [0, 0.1) is 0 Å². The number of anilines is 1. The molecule has 1 aromatic carbocycles. The Hall–Kier alpha value is -2.07. The second-order valence-corrected chi connectivity index (χ2v) is 4.89. The van der Waals surface area contributed by atoms with Crippen molar-refractivity contribution in [3.63, 3.8) is 0 Å². The van der Waals surface area contributed by atoms with Crippen molar-refractivity contribution in [2.45, 2.75) is 6.54 Å². The highest BCUT2D eigenvalue weighted by molar-refractivity contribution is 7.13. The minimum Gasteiger partial charge on any atom is -0.378 e. The Kier molecular flexibility index (Phi) is 3.10. The van der Waals surface area contributed by atoms with E-state index in [1.165, 1.54) is 4.88 Å². The lowest BCUT2D eigenvalue weighted by molar-refractivity contribution is 1.00. The predicted octanol–water partition coefficient (Wildman–Crippen LogP) is 3.75. The van der Waals surface area contributed by atoms with E-state index in [0.717, 1.165) is 17.2 Å². The molecule has 0 radical (unpaired) electrons. The Balaban J connectivity index is 1.68. The number of para-hydroxylation sites is 1. The molecular formula is C14H13N3S. The van der Waals surface area contributed by atoms with Gasteiger partial charge in [0.2, 0.25) is 0 Å². The molecule has 0 aliphatic rings. The van der Waals surface area contributed by atoms with Crippen LogP contribution in [0.5, 0.6) is 0 Å². The zero-order valence-electron chi connectivity index (χ0n) is 9.76. The first kappa shape index (κ1) is 11.0. The van der Waals surface area contributed by atoms with Crippen molar-refractivity contribution in [1.29, 1.82) is 0 Å². The van der Waals surface area contributed by atoms with Crippen molar-refractivity contribution in [3.8, 4) is 10.6 Å². The summed E-state index contributed by atoms with van der Waals surface area (Å²) >= 11 is 1.71. The summed E-state index contributed by atoms with van der Waals surface area (Å²) in [5.74, 6) is 0.947. The molecule has 18 heavy (non-hydrogen) atoms. The van der Waals surface area contributed by atoms with Crippen LogP contribution >= 0.6 is 11.3 Å². The number of nitrogens with one attached hydrogen (secondary N) is 2. The lowest BCUT2D eigenvalue weighted by atomic mass is 10.3. The molecule has 90 valence electrons. The van der Waals surface area contributed by atoms with E-state index in [2.05, 4.69) is 26.7 Å². The van der Waals surface area contributed by atoms with Crippen LogP contribution in [0.15, 0.2) is 54.0 Å². The summed E-state index contributed by atoms with van der Waals surface area (Å²) in [6.45, 7) is 0.704. The number of aromatic nitrogens is 2. The third-order valence-corrected chi connectivity index (χ3v) is 3.55. The van der Waals surface area contributed by atoms with Crippen LogP contribution in [0.1, 0.15) is 5.82 Å². The van der Waals surface area contributed by atoms with E-state index in [1.807, 2.05) is 42.6 Å². The van der Waals surface area contributed by atoms with Crippen LogP contribution in [-0.2, 0) is 6.54 Å². The van der Waals surface area contributed by atoms with E-state index in [9.17, 15) is 0 Å². The zero-order chi connectivity index (χ0) is 12.2. The Labute approximate surface area is 110 Å². The number of thiophene rings is 1. The summed E-state index contributed by atoms with van der Waals surface area (Å²) < 4.78 is 0. The first-order chi connectivity index (χ1) is 8.92. The molecule has 0 aliphatic heterocycles. The number of hydrogen-bond acceptors (Lipinski definition) is 3. The Morgan fingerprint density at radius 3 is 2.78 bits per heavy atom. The maximum Gasteiger partial charge on any atom is 0.125 e. The van der Waals surface area contributed by atoms with Gasteiger partial charge in [0.1, 0.15) is 5.82 Å². The number of aromatic amines is 1. The number of nitrogens with zero attached hydrogens (tertiary/aromatic N) is 1. The molecule has 2 heterocycles. The first-order valence-electron chi connectivity index (χ1n) is 5.78. The molecule has 0 fully saturated rings. The van der Waals surface area contributed by atoms with E-state index in [1.54, 1.807) is 11.3 Å². The Morgan fingerprint density at radius 2 is 2.00 bits per heavy atom. The highest BCUT2D eigenvalue weighted by atomic mass is 32.1. The first-order valence-corrected chi connectivity index (χ1v) is 6.66. The van der Waals surface area contributed by atoms with E-state index < -0.39 is 0 Å². The molecule has 2 aromatic heterocycles. The van der Waals surface area contributed by atoms with Crippen LogP contribution in [0.2, 0.25) is 0 Å². The topological polar surface area (TPSA) is 40.7 Å². The normalized spacial score (nSPS) is 10.4. The average molecular weight is 255 g/mol. The molecule has 3 rings (SSSR count). The Morgan fingerprint density at radius 1 is 1.11 bits per heavy atom. The van der Waals surface area contributed by atoms with Gasteiger partial charge >= 0.3 is 0 Å². The average Bonchev–Trinajstić information content (AvgIpc) is 3.08. The summed E-state index contributed by atoms with van der Waals surface area (Å²) in [6.07, 6.45) is 1.88. The van der Waals surface area contributed by atoms with Crippen molar-refractivity contribution >= 4 is 17.0 Å². The molecule has 4 heteroatoms. The van der Waals surface area contributed by atoms with Gasteiger partial charge in [-0.1, -0.05) is 24.3 Å². The largest absolute Gasteiger partial charge is 0.378 e. The van der Waals surface area contributed by atoms with Gasteiger partial charge in [-0.15, -0.1) is 11.3 Å². The van der Waals surface area contributed by atoms with Crippen molar-refractivity contribution in [3.05, 3.63) is 59.9 Å². The second kappa shape index (κ2) is 5.06. The van der Waals surface area contributed by atoms with Gasteiger partial charge in [-0.3, -0.25) is 0 Å². The minimum absolute atomic E-state index is 0.704. The van der Waals surface area contributed by atoms with E-state index in [4.69, 9.17) is 0 Å². The lowest BCUT2D eigenvalue weighted by Crippen LogP contribution is -2.00. The molecule has 0 saturated carbocycles. The monoisotopic (exact) mass is 255 g/mol. The van der Waals surface area contributed by atoms with Gasteiger partial charge in [-0.2, -0.15) is 0 Å². The number of imidazole rings is 1. The van der Waals surface area contributed by atoms with Crippen molar-refractivity contribution in [2.24, 2.45) is 0 Å². The third kappa shape index (κ3) is 2.43. The molecule has 0 unspecified atom stereocenters. The van der Waals surface area contributed by atoms with E-state index in [-0.39, 0.29) is 0 Å². The predicted molar refractivity (Wildman–Crippen MR) is 75.7 cm³/mol. The van der Waals surface area contributed by atoms with Crippen LogP contribution in [0.4, 0.5) is 5.69 Å². The number of benzene rings is 1. The standard InChI is InChI=1S/C14H13N3S/c1-2-5-11(6-3-1)15-10-14-16-9-12(17-14)13-7-4-8-18-13/h1-9,15H,10H2,(H,16,17). The summed E-state index contributed by atoms with van der Waals surface area (Å²) in [7, 11) is 0. The lowest BCUT2D eigenvalue weighted by Gasteiger charge is -2.03. The van der Waals surface area contributed by atoms with Crippen LogP contribution in [0.3, 0.4) is 0 Å². The van der Waals surface area contributed by atoms with E-state index in [0.29, 0.717) is 6.54 Å². The van der Waals surface area contributed by atoms with Gasteiger partial charge in [0, 0.05) is 5.69 Å². The molecule has 0 bridgehead atoms. The molecular weight excluding hydrogens is 242 g/mol. The highest BCUT2D eigenvalue weighted by Crippen LogP contribution is 2.22. The molecule has 0 aliphatic carbocycles. The maximum atomic E-state index is 4.38. The maximum absolute atomic E-state index is 4.38. The number of rotatable bonds is 4. The summed E-state index contributed by atoms with van der Waals surface area (Å²) in [5.41, 5.74) is 2.18. The second-order valence-electron chi connectivity index (χ2n) is 3.94. The molecule has 0 atom stereocenters. The smallest absolute Gasteiger partial charge is 0.125 e. The fourth-order valence-electron chi connectivity index (χ4n) is 1.75. The van der Waals surface area contributed by atoms with Crippen molar-refractivity contribution in [1.82, 2.24) is 9.97 Å². The fourth-order valence-corrected chi connectivity index (χ4v) is 2.44. The molecule has 0 saturated heterocycles. The summed E-state index contributed by atoms with van der Waals surface area (Å²) in [5, 5.41) is 5.40. The molecule has 0 amide bonds. The van der Waals surface area contributed by atoms with Gasteiger partial charge in [-0.05, 0) is 23.6 Å². The summed E-state index contributed by atoms with van der Waals surface area (Å²) in [4.78, 5) is 8.91. The van der Waals surface area contributed by atoms with Crippen LogP contribution in [0.25, 0.3) is 10.6 Å². The molecule has 3 aromatic rings. The molecule has 0 spiro atoms. The minimum atomic E-state index is 0.704. The van der Waals surface area contributed by atoms with Gasteiger partial charge < -0.3 is 10.3 Å². The van der Waals surface area contributed by atoms with Crippen LogP contribution in [-0.4, -0.2) is 9.97 Å². The third-order valence-electron chi connectivity index (χ3n) is 2.65. The SMILES string of the molecule is c1ccc(NCc2ncc(-c3cccs3)[nH]2)cc1. The number of H-pyrrole nitrogens is 1. The van der Waals surface area contributed by atoms with Crippen LogP contribution < -0.4 is 5.32 Å². The number of hydrogen-bond donors (Lipinski definition) is 2. The fraction of sp³-hybridized carbons (Fsp3) is 0.0714. The zero-order valence-corrected chi connectivity index (χ0v) is 10.6. The molecule has 2 N–H and O–H groups in total. The molecule has 3 nitrogen and oxygen atoms in total. The quantitative estimate of drug-likeness (QED) is 0.745. The van der Waals surface area contributed by atoms with Gasteiger partial charge in [0.15, 0.2) is 0 Å². The van der Waals surface area contributed by atoms with Crippen molar-refractivity contribution in [2.75, 3.05) is 5.32 Å². The van der Waals surface area contributed by atoms with Gasteiger partial charge in [-0.25, -0.2) is 4.98 Å². The van der Waals surface area contributed by atoms with Gasteiger partial charge in [0.05, 0.1) is 23.3 Å². The van der Waals surface area contributed by atoms with E-state index >= 15 is 0 Å².